The molecule has 0 aromatic heterocycles. The largest absolute Gasteiger partial charge is 0.444 e. The van der Waals surface area contributed by atoms with Gasteiger partial charge in [0.2, 0.25) is 5.91 Å². The number of morpholine rings is 1. The van der Waals surface area contributed by atoms with Crippen LogP contribution in [0.25, 0.3) is 10.8 Å². The molecule has 1 aliphatic heterocycles. The Balaban J connectivity index is 1.33. The molecule has 1 N–H and O–H groups in total. The van der Waals surface area contributed by atoms with Crippen molar-refractivity contribution in [3.8, 4) is 0 Å². The van der Waals surface area contributed by atoms with Crippen molar-refractivity contribution in [3.63, 3.8) is 0 Å². The van der Waals surface area contributed by atoms with Crippen molar-refractivity contribution < 1.29 is 27.5 Å². The van der Waals surface area contributed by atoms with E-state index in [4.69, 9.17) is 9.47 Å². The first-order valence-electron chi connectivity index (χ1n) is 12.8. The number of carbonyl (C=O) groups is 2. The molecule has 1 aliphatic rings. The topological polar surface area (TPSA) is 105 Å². The first-order valence-corrected chi connectivity index (χ1v) is 14.2. The highest BCUT2D eigenvalue weighted by Crippen LogP contribution is 2.32. The number of benzene rings is 4. The summed E-state index contributed by atoms with van der Waals surface area (Å²) in [5.41, 5.74) is 2.67. The fourth-order valence-electron chi connectivity index (χ4n) is 4.53. The Labute approximate surface area is 233 Å². The number of ether oxygens (including phenoxy) is 2. The Hall–Kier alpha value is -4.41. The molecule has 4 aromatic rings. The second-order valence-electron chi connectivity index (χ2n) is 9.40. The van der Waals surface area contributed by atoms with Gasteiger partial charge in [-0.2, -0.15) is 0 Å². The van der Waals surface area contributed by atoms with Crippen molar-refractivity contribution in [2.75, 3.05) is 36.4 Å². The zero-order valence-electron chi connectivity index (χ0n) is 21.9. The predicted octanol–water partition coefficient (Wildman–Crippen LogP) is 4.77. The molecule has 0 saturated carbocycles. The fraction of sp³-hybridized carbons (Fsp3) is 0.200. The summed E-state index contributed by atoms with van der Waals surface area (Å²) in [6.45, 7) is 1.66. The lowest BCUT2D eigenvalue weighted by atomic mass is 10.1. The Morgan fingerprint density at radius 3 is 2.40 bits per heavy atom. The van der Waals surface area contributed by atoms with Crippen LogP contribution in [0.2, 0.25) is 0 Å². The van der Waals surface area contributed by atoms with Crippen molar-refractivity contribution in [1.29, 1.82) is 0 Å². The molecule has 206 valence electrons. The SMILES string of the molecule is CN(C(=O)OCc1ccccc1)c1cccc2c(S(=O)(=O)Nc3ccc(CN4CCOCC4=O)cc3)cccc12. The number of fused-ring (bicyclic) bond motifs is 1. The maximum atomic E-state index is 13.5. The summed E-state index contributed by atoms with van der Waals surface area (Å²) in [6, 6.07) is 26.4. The van der Waals surface area contributed by atoms with Crippen LogP contribution in [0.4, 0.5) is 16.2 Å². The summed E-state index contributed by atoms with van der Waals surface area (Å²) >= 11 is 0. The minimum Gasteiger partial charge on any atom is -0.444 e. The van der Waals surface area contributed by atoms with E-state index in [1.165, 1.54) is 11.0 Å². The van der Waals surface area contributed by atoms with Gasteiger partial charge >= 0.3 is 6.09 Å². The van der Waals surface area contributed by atoms with Crippen LogP contribution in [0.1, 0.15) is 11.1 Å². The highest BCUT2D eigenvalue weighted by Gasteiger charge is 2.22. The van der Waals surface area contributed by atoms with E-state index >= 15 is 0 Å². The van der Waals surface area contributed by atoms with Gasteiger partial charge in [-0.3, -0.25) is 14.4 Å². The molecule has 2 amide bonds. The Kier molecular flexibility index (Phi) is 7.99. The van der Waals surface area contributed by atoms with Crippen LogP contribution in [0, 0.1) is 0 Å². The molecule has 1 saturated heterocycles. The molecule has 9 nitrogen and oxygen atoms in total. The van der Waals surface area contributed by atoms with Gasteiger partial charge in [0.15, 0.2) is 0 Å². The lowest BCUT2D eigenvalue weighted by molar-refractivity contribution is -0.143. The number of hydrogen-bond donors (Lipinski definition) is 1. The molecule has 0 spiro atoms. The van der Waals surface area contributed by atoms with Gasteiger partial charge in [-0.05, 0) is 35.4 Å². The van der Waals surface area contributed by atoms with E-state index in [0.717, 1.165) is 11.1 Å². The molecule has 4 aromatic carbocycles. The monoisotopic (exact) mass is 559 g/mol. The summed E-state index contributed by atoms with van der Waals surface area (Å²) in [4.78, 5) is 28.0. The van der Waals surface area contributed by atoms with Crippen LogP contribution in [-0.4, -0.2) is 52.1 Å². The highest BCUT2D eigenvalue weighted by molar-refractivity contribution is 7.93. The van der Waals surface area contributed by atoms with Crippen molar-refractivity contribution in [1.82, 2.24) is 4.90 Å². The van der Waals surface area contributed by atoms with E-state index in [1.54, 1.807) is 66.5 Å². The zero-order chi connectivity index (χ0) is 28.1. The number of rotatable bonds is 8. The lowest BCUT2D eigenvalue weighted by Gasteiger charge is -2.26. The van der Waals surface area contributed by atoms with Gasteiger partial charge in [-0.15, -0.1) is 0 Å². The van der Waals surface area contributed by atoms with Gasteiger partial charge in [-0.25, -0.2) is 13.2 Å². The van der Waals surface area contributed by atoms with Gasteiger partial charge in [0.05, 0.1) is 17.2 Å². The molecule has 0 atom stereocenters. The maximum absolute atomic E-state index is 13.5. The maximum Gasteiger partial charge on any atom is 0.414 e. The number of carbonyl (C=O) groups excluding carboxylic acids is 2. The van der Waals surface area contributed by atoms with Crippen LogP contribution in [0.5, 0.6) is 0 Å². The number of nitrogens with zero attached hydrogens (tertiary/aromatic N) is 2. The Bertz CT molecular complexity index is 1620. The Morgan fingerprint density at radius 2 is 1.65 bits per heavy atom. The van der Waals surface area contributed by atoms with E-state index in [-0.39, 0.29) is 24.0 Å². The van der Waals surface area contributed by atoms with Crippen LogP contribution >= 0.6 is 0 Å². The normalized spacial score (nSPS) is 13.7. The van der Waals surface area contributed by atoms with Gasteiger partial charge < -0.3 is 14.4 Å². The van der Waals surface area contributed by atoms with Gasteiger partial charge in [-0.1, -0.05) is 66.7 Å². The predicted molar refractivity (Wildman–Crippen MR) is 152 cm³/mol. The molecule has 0 bridgehead atoms. The molecule has 0 radical (unpaired) electrons. The molecule has 0 aliphatic carbocycles. The van der Waals surface area contributed by atoms with Crippen LogP contribution in [0.3, 0.4) is 0 Å². The Morgan fingerprint density at radius 1 is 0.925 bits per heavy atom. The van der Waals surface area contributed by atoms with E-state index in [0.29, 0.717) is 41.8 Å². The summed E-state index contributed by atoms with van der Waals surface area (Å²) in [5.74, 6) is -0.0681. The summed E-state index contributed by atoms with van der Waals surface area (Å²) in [6.07, 6.45) is -0.554. The average Bonchev–Trinajstić information content (AvgIpc) is 2.97. The van der Waals surface area contributed by atoms with Crippen LogP contribution < -0.4 is 9.62 Å². The summed E-state index contributed by atoms with van der Waals surface area (Å²) < 4.78 is 40.2. The third-order valence-corrected chi connectivity index (χ3v) is 8.09. The smallest absolute Gasteiger partial charge is 0.414 e. The second-order valence-corrected chi connectivity index (χ2v) is 11.0. The molecule has 5 rings (SSSR count). The number of nitrogens with one attached hydrogen (secondary N) is 1. The van der Waals surface area contributed by atoms with Gasteiger partial charge in [0.25, 0.3) is 10.0 Å². The second kappa shape index (κ2) is 11.8. The minimum atomic E-state index is -3.96. The van der Waals surface area contributed by atoms with Crippen LogP contribution in [0.15, 0.2) is 95.9 Å². The van der Waals surface area contributed by atoms with Gasteiger partial charge in [0, 0.05) is 36.6 Å². The van der Waals surface area contributed by atoms with E-state index in [1.807, 2.05) is 30.3 Å². The summed E-state index contributed by atoms with van der Waals surface area (Å²) in [7, 11) is -2.37. The molecule has 1 fully saturated rings. The summed E-state index contributed by atoms with van der Waals surface area (Å²) in [5, 5.41) is 1.06. The van der Waals surface area contributed by atoms with Crippen molar-refractivity contribution >= 4 is 44.2 Å². The first kappa shape index (κ1) is 27.2. The van der Waals surface area contributed by atoms with Crippen LogP contribution in [-0.2, 0) is 37.4 Å². The zero-order valence-corrected chi connectivity index (χ0v) is 22.8. The molecular weight excluding hydrogens is 530 g/mol. The van der Waals surface area contributed by atoms with E-state index in [2.05, 4.69) is 4.72 Å². The van der Waals surface area contributed by atoms with Crippen molar-refractivity contribution in [2.45, 2.75) is 18.0 Å². The molecule has 0 unspecified atom stereocenters. The van der Waals surface area contributed by atoms with E-state index in [9.17, 15) is 18.0 Å². The standard InChI is InChI=1S/C30H29N3O6S/c1-32(30(35)39-20-23-7-3-2-4-8-23)27-11-5-10-26-25(27)9-6-12-28(26)40(36,37)31-24-15-13-22(14-16-24)19-33-17-18-38-21-29(33)34/h2-16,31H,17-21H2,1H3. The molecule has 40 heavy (non-hydrogen) atoms. The fourth-order valence-corrected chi connectivity index (χ4v) is 5.81. The third kappa shape index (κ3) is 6.08. The average molecular weight is 560 g/mol. The highest BCUT2D eigenvalue weighted by atomic mass is 32.2. The number of anilines is 2. The molecular formula is C30H29N3O6S. The quantitative estimate of drug-likeness (QED) is 0.333. The molecule has 10 heteroatoms. The first-order chi connectivity index (χ1) is 19.3. The van der Waals surface area contributed by atoms with Crippen molar-refractivity contribution in [3.05, 3.63) is 102 Å². The number of sulfonamides is 1. The lowest BCUT2D eigenvalue weighted by Crippen LogP contribution is -2.40. The number of amides is 2. The molecule has 1 heterocycles. The van der Waals surface area contributed by atoms with Gasteiger partial charge in [0.1, 0.15) is 13.2 Å². The minimum absolute atomic E-state index is 0.0681. The number of hydrogen-bond acceptors (Lipinski definition) is 6. The van der Waals surface area contributed by atoms with Crippen molar-refractivity contribution in [2.24, 2.45) is 0 Å². The van der Waals surface area contributed by atoms with E-state index < -0.39 is 16.1 Å². The third-order valence-electron chi connectivity index (χ3n) is 6.65.